The first-order valence-electron chi connectivity index (χ1n) is 5.27. The summed E-state index contributed by atoms with van der Waals surface area (Å²) in [6.45, 7) is 8.29. The molecule has 0 unspecified atom stereocenters. The molecule has 1 aromatic carbocycles. The summed E-state index contributed by atoms with van der Waals surface area (Å²) >= 11 is 0. The molecule has 0 aliphatic heterocycles. The van der Waals surface area contributed by atoms with Crippen molar-refractivity contribution in [1.29, 1.82) is 0 Å². The Morgan fingerprint density at radius 3 is 2.38 bits per heavy atom. The Labute approximate surface area is 97.9 Å². The first-order chi connectivity index (χ1) is 7.21. The van der Waals surface area contributed by atoms with Gasteiger partial charge in [-0.3, -0.25) is 0 Å². The number of hydrogen-bond donors (Lipinski definition) is 1. The third-order valence-corrected chi connectivity index (χ3v) is 3.49. The molecule has 0 atom stereocenters. The Morgan fingerprint density at radius 1 is 1.25 bits per heavy atom. The lowest BCUT2D eigenvalue weighted by molar-refractivity contribution is 0.407. The first kappa shape index (κ1) is 13.2. The van der Waals surface area contributed by atoms with Crippen LogP contribution in [0.25, 0.3) is 0 Å². The molecule has 1 aromatic rings. The first-order valence-corrected chi connectivity index (χ1v) is 6.75. The van der Waals surface area contributed by atoms with Gasteiger partial charge in [0.05, 0.1) is 4.90 Å². The van der Waals surface area contributed by atoms with E-state index < -0.39 is 10.0 Å². The van der Waals surface area contributed by atoms with Crippen LogP contribution in [0.15, 0.2) is 29.2 Å². The Morgan fingerprint density at radius 2 is 1.88 bits per heavy atom. The molecule has 0 spiro atoms. The van der Waals surface area contributed by atoms with Gasteiger partial charge in [-0.1, -0.05) is 32.9 Å². The van der Waals surface area contributed by atoms with Gasteiger partial charge in [-0.15, -0.1) is 0 Å². The predicted octanol–water partition coefficient (Wildman–Crippen LogP) is 2.32. The van der Waals surface area contributed by atoms with E-state index in [1.165, 1.54) is 0 Å². The summed E-state index contributed by atoms with van der Waals surface area (Å²) in [6.07, 6.45) is 0. The summed E-state index contributed by atoms with van der Waals surface area (Å²) in [4.78, 5) is 0.330. The van der Waals surface area contributed by atoms with Crippen molar-refractivity contribution in [3.05, 3.63) is 29.8 Å². The molecule has 0 fully saturated rings. The Bertz CT molecular complexity index is 458. The van der Waals surface area contributed by atoms with Crippen molar-refractivity contribution in [2.45, 2.75) is 32.6 Å². The van der Waals surface area contributed by atoms with E-state index in [2.05, 4.69) is 4.72 Å². The maximum atomic E-state index is 11.9. The standard InChI is InChI=1S/C12H19NO2S/c1-10-6-5-7-11(8-10)16(14,15)13-9-12(2,3)4/h5-8,13H,9H2,1-4H3. The molecule has 1 rings (SSSR count). The van der Waals surface area contributed by atoms with Crippen molar-refractivity contribution in [3.8, 4) is 0 Å². The summed E-state index contributed by atoms with van der Waals surface area (Å²) in [5, 5.41) is 0. The lowest BCUT2D eigenvalue weighted by Gasteiger charge is -2.18. The third kappa shape index (κ3) is 3.94. The minimum Gasteiger partial charge on any atom is -0.211 e. The minimum absolute atomic E-state index is 0.0586. The Balaban J connectivity index is 2.87. The molecule has 0 saturated heterocycles. The van der Waals surface area contributed by atoms with Gasteiger partial charge in [0, 0.05) is 6.54 Å². The second-order valence-corrected chi connectivity index (χ2v) is 6.97. The highest BCUT2D eigenvalue weighted by Gasteiger charge is 2.18. The molecule has 0 radical (unpaired) electrons. The Kier molecular flexibility index (Phi) is 3.76. The maximum Gasteiger partial charge on any atom is 0.240 e. The van der Waals surface area contributed by atoms with Crippen molar-refractivity contribution < 1.29 is 8.42 Å². The molecule has 0 aromatic heterocycles. The van der Waals surface area contributed by atoms with Crippen LogP contribution in [0, 0.1) is 12.3 Å². The summed E-state index contributed by atoms with van der Waals surface area (Å²) in [5.41, 5.74) is 0.885. The molecule has 4 heteroatoms. The normalized spacial score (nSPS) is 12.8. The molecule has 0 amide bonds. The molecule has 0 heterocycles. The summed E-state index contributed by atoms with van der Waals surface area (Å²) in [5.74, 6) is 0. The lowest BCUT2D eigenvalue weighted by Crippen LogP contribution is -2.32. The van der Waals surface area contributed by atoms with E-state index >= 15 is 0 Å². The van der Waals surface area contributed by atoms with E-state index in [1.807, 2.05) is 33.8 Å². The molecule has 3 nitrogen and oxygen atoms in total. The molecule has 0 bridgehead atoms. The van der Waals surface area contributed by atoms with Gasteiger partial charge in [-0.2, -0.15) is 0 Å². The molecule has 0 aliphatic carbocycles. The second kappa shape index (κ2) is 4.55. The van der Waals surface area contributed by atoms with Crippen LogP contribution in [0.2, 0.25) is 0 Å². The highest BCUT2D eigenvalue weighted by atomic mass is 32.2. The van der Waals surface area contributed by atoms with E-state index in [0.717, 1.165) is 5.56 Å². The monoisotopic (exact) mass is 241 g/mol. The largest absolute Gasteiger partial charge is 0.240 e. The van der Waals surface area contributed by atoms with Crippen molar-refractivity contribution >= 4 is 10.0 Å². The van der Waals surface area contributed by atoms with Crippen LogP contribution in [0.1, 0.15) is 26.3 Å². The van der Waals surface area contributed by atoms with Crippen LogP contribution in [-0.2, 0) is 10.0 Å². The number of hydrogen-bond acceptors (Lipinski definition) is 2. The van der Waals surface area contributed by atoms with Gasteiger partial charge in [0.15, 0.2) is 0 Å². The topological polar surface area (TPSA) is 46.2 Å². The van der Waals surface area contributed by atoms with Crippen LogP contribution in [0.3, 0.4) is 0 Å². The van der Waals surface area contributed by atoms with Crippen molar-refractivity contribution in [2.24, 2.45) is 5.41 Å². The SMILES string of the molecule is Cc1cccc(S(=O)(=O)NCC(C)(C)C)c1. The zero-order valence-corrected chi connectivity index (χ0v) is 11.1. The van der Waals surface area contributed by atoms with Gasteiger partial charge in [0.2, 0.25) is 10.0 Å². The van der Waals surface area contributed by atoms with Gasteiger partial charge in [0.25, 0.3) is 0 Å². The number of benzene rings is 1. The van der Waals surface area contributed by atoms with Gasteiger partial charge >= 0.3 is 0 Å². The lowest BCUT2D eigenvalue weighted by atomic mass is 9.98. The molecule has 0 aliphatic rings. The van der Waals surface area contributed by atoms with Gasteiger partial charge < -0.3 is 0 Å². The van der Waals surface area contributed by atoms with Crippen LogP contribution < -0.4 is 4.72 Å². The fourth-order valence-electron chi connectivity index (χ4n) is 1.18. The fourth-order valence-corrected chi connectivity index (χ4v) is 2.57. The van der Waals surface area contributed by atoms with E-state index in [9.17, 15) is 8.42 Å². The smallest absolute Gasteiger partial charge is 0.211 e. The number of nitrogens with one attached hydrogen (secondary N) is 1. The minimum atomic E-state index is -3.37. The summed E-state index contributed by atoms with van der Waals surface area (Å²) in [7, 11) is -3.37. The van der Waals surface area contributed by atoms with Crippen LogP contribution >= 0.6 is 0 Å². The van der Waals surface area contributed by atoms with Gasteiger partial charge in [0.1, 0.15) is 0 Å². The fraction of sp³-hybridized carbons (Fsp3) is 0.500. The maximum absolute atomic E-state index is 11.9. The molecule has 16 heavy (non-hydrogen) atoms. The van der Waals surface area contributed by atoms with E-state index in [4.69, 9.17) is 0 Å². The second-order valence-electron chi connectivity index (χ2n) is 5.20. The molecular weight excluding hydrogens is 222 g/mol. The summed E-state index contributed by atoms with van der Waals surface area (Å²) in [6, 6.07) is 6.91. The van der Waals surface area contributed by atoms with Gasteiger partial charge in [-0.25, -0.2) is 13.1 Å². The molecule has 0 saturated carbocycles. The summed E-state index contributed by atoms with van der Waals surface area (Å²) < 4.78 is 26.5. The highest BCUT2D eigenvalue weighted by molar-refractivity contribution is 7.89. The zero-order chi connectivity index (χ0) is 12.4. The number of aryl methyl sites for hydroxylation is 1. The molecule has 1 N–H and O–H groups in total. The van der Waals surface area contributed by atoms with Crippen molar-refractivity contribution in [1.82, 2.24) is 4.72 Å². The quantitative estimate of drug-likeness (QED) is 0.882. The van der Waals surface area contributed by atoms with Crippen LogP contribution in [0.5, 0.6) is 0 Å². The highest BCUT2D eigenvalue weighted by Crippen LogP contribution is 2.14. The molecule has 90 valence electrons. The third-order valence-electron chi connectivity index (χ3n) is 2.09. The zero-order valence-electron chi connectivity index (χ0n) is 10.2. The van der Waals surface area contributed by atoms with E-state index in [-0.39, 0.29) is 5.41 Å². The van der Waals surface area contributed by atoms with Gasteiger partial charge in [-0.05, 0) is 30.0 Å². The van der Waals surface area contributed by atoms with E-state index in [1.54, 1.807) is 18.2 Å². The van der Waals surface area contributed by atoms with Crippen molar-refractivity contribution in [3.63, 3.8) is 0 Å². The average Bonchev–Trinajstić information content (AvgIpc) is 2.14. The number of rotatable bonds is 3. The Hall–Kier alpha value is -0.870. The van der Waals surface area contributed by atoms with Crippen LogP contribution in [-0.4, -0.2) is 15.0 Å². The molecular formula is C12H19NO2S. The van der Waals surface area contributed by atoms with Crippen molar-refractivity contribution in [2.75, 3.05) is 6.54 Å². The van der Waals surface area contributed by atoms with Crippen LogP contribution in [0.4, 0.5) is 0 Å². The number of sulfonamides is 1. The van der Waals surface area contributed by atoms with E-state index in [0.29, 0.717) is 11.4 Å². The predicted molar refractivity (Wildman–Crippen MR) is 65.8 cm³/mol. The average molecular weight is 241 g/mol.